The van der Waals surface area contributed by atoms with Gasteiger partial charge in [-0.3, -0.25) is 4.79 Å². The first-order valence-electron chi connectivity index (χ1n) is 7.56. The van der Waals surface area contributed by atoms with Gasteiger partial charge in [-0.25, -0.2) is 13.1 Å². The van der Waals surface area contributed by atoms with Gasteiger partial charge in [-0.15, -0.1) is 0 Å². The first-order chi connectivity index (χ1) is 10.9. The summed E-state index contributed by atoms with van der Waals surface area (Å²) in [5, 5.41) is 6.15. The maximum absolute atomic E-state index is 12.1. The van der Waals surface area contributed by atoms with E-state index in [1.54, 1.807) is 12.1 Å². The lowest BCUT2D eigenvalue weighted by molar-refractivity contribution is -0.122. The van der Waals surface area contributed by atoms with E-state index >= 15 is 0 Å². The number of hydrogen-bond donors (Lipinski definition) is 3. The van der Waals surface area contributed by atoms with E-state index in [1.165, 1.54) is 19.2 Å². The van der Waals surface area contributed by atoms with Crippen LogP contribution in [-0.4, -0.2) is 47.2 Å². The zero-order valence-corrected chi connectivity index (χ0v) is 14.2. The Labute approximate surface area is 136 Å². The third-order valence-electron chi connectivity index (χ3n) is 3.77. The summed E-state index contributed by atoms with van der Waals surface area (Å²) in [6.07, 6.45) is 0.358. The monoisotopic (exact) mass is 341 g/mol. The second-order valence-corrected chi connectivity index (χ2v) is 7.38. The van der Waals surface area contributed by atoms with E-state index in [0.717, 1.165) is 12.1 Å². The molecule has 1 amide bonds. The summed E-state index contributed by atoms with van der Waals surface area (Å²) in [6.45, 7) is 3.84. The van der Waals surface area contributed by atoms with Crippen molar-refractivity contribution in [3.8, 4) is 0 Å². The highest BCUT2D eigenvalue weighted by molar-refractivity contribution is 7.89. The topological polar surface area (TPSA) is 96.5 Å². The van der Waals surface area contributed by atoms with Gasteiger partial charge < -0.3 is 15.4 Å². The zero-order valence-electron chi connectivity index (χ0n) is 13.3. The lowest BCUT2D eigenvalue weighted by Gasteiger charge is -2.24. The highest BCUT2D eigenvalue weighted by Crippen LogP contribution is 2.16. The van der Waals surface area contributed by atoms with Gasteiger partial charge in [0.05, 0.1) is 24.2 Å². The van der Waals surface area contributed by atoms with Crippen LogP contribution in [0.4, 0.5) is 0 Å². The molecule has 7 nitrogen and oxygen atoms in total. The number of ether oxygens (including phenoxy) is 1. The van der Waals surface area contributed by atoms with E-state index in [-0.39, 0.29) is 22.9 Å². The second kappa shape index (κ2) is 7.87. The normalized spacial score (nSPS) is 20.0. The molecular formula is C15H23N3O4S. The van der Waals surface area contributed by atoms with Gasteiger partial charge in [0.25, 0.3) is 0 Å². The molecule has 0 radical (unpaired) electrons. The molecular weight excluding hydrogens is 318 g/mol. The second-order valence-electron chi connectivity index (χ2n) is 5.50. The Hall–Kier alpha value is -1.48. The van der Waals surface area contributed by atoms with Crippen LogP contribution in [0, 0.1) is 0 Å². The SMILES string of the molecule is CNS(=O)(=O)c1ccc(C(C)NC(=O)CC2COCCN2)cc1. The number of morpholine rings is 1. The summed E-state index contributed by atoms with van der Waals surface area (Å²) < 4.78 is 31.0. The highest BCUT2D eigenvalue weighted by atomic mass is 32.2. The largest absolute Gasteiger partial charge is 0.378 e. The van der Waals surface area contributed by atoms with E-state index < -0.39 is 10.0 Å². The Morgan fingerprint density at radius 2 is 2.09 bits per heavy atom. The standard InChI is InChI=1S/C15H23N3O4S/c1-11(18-15(19)9-13-10-22-8-7-17-13)12-3-5-14(6-4-12)23(20,21)16-2/h3-6,11,13,16-17H,7-10H2,1-2H3,(H,18,19). The fourth-order valence-corrected chi connectivity index (χ4v) is 3.14. The van der Waals surface area contributed by atoms with E-state index in [2.05, 4.69) is 15.4 Å². The molecule has 2 unspecified atom stereocenters. The molecule has 23 heavy (non-hydrogen) atoms. The number of rotatable bonds is 6. The molecule has 0 aromatic heterocycles. The molecule has 0 bridgehead atoms. The van der Waals surface area contributed by atoms with Crippen LogP contribution in [0.5, 0.6) is 0 Å². The first-order valence-corrected chi connectivity index (χ1v) is 9.04. The Bertz CT molecular complexity index is 625. The van der Waals surface area contributed by atoms with Crippen molar-refractivity contribution in [1.82, 2.24) is 15.4 Å². The van der Waals surface area contributed by atoms with Crippen molar-refractivity contribution in [2.24, 2.45) is 0 Å². The van der Waals surface area contributed by atoms with Gasteiger partial charge >= 0.3 is 0 Å². The van der Waals surface area contributed by atoms with Crippen molar-refractivity contribution < 1.29 is 17.9 Å². The van der Waals surface area contributed by atoms with E-state index in [4.69, 9.17) is 4.74 Å². The van der Waals surface area contributed by atoms with Gasteiger partial charge in [0.2, 0.25) is 15.9 Å². The van der Waals surface area contributed by atoms with Crippen molar-refractivity contribution >= 4 is 15.9 Å². The first kappa shape index (κ1) is 17.9. The van der Waals surface area contributed by atoms with E-state index in [0.29, 0.717) is 19.6 Å². The van der Waals surface area contributed by atoms with Gasteiger partial charge in [-0.1, -0.05) is 12.1 Å². The molecule has 1 heterocycles. The predicted octanol–water partition coefficient (Wildman–Crippen LogP) is 0.150. The van der Waals surface area contributed by atoms with Crippen molar-refractivity contribution in [3.63, 3.8) is 0 Å². The number of amides is 1. The summed E-state index contributed by atoms with van der Waals surface area (Å²) in [7, 11) is -2.07. The van der Waals surface area contributed by atoms with Crippen molar-refractivity contribution in [3.05, 3.63) is 29.8 Å². The number of carbonyl (C=O) groups is 1. The lowest BCUT2D eigenvalue weighted by atomic mass is 10.1. The van der Waals surface area contributed by atoms with Crippen molar-refractivity contribution in [1.29, 1.82) is 0 Å². The van der Waals surface area contributed by atoms with Gasteiger partial charge in [-0.05, 0) is 31.7 Å². The van der Waals surface area contributed by atoms with Crippen LogP contribution in [0.3, 0.4) is 0 Å². The molecule has 1 aromatic rings. The third kappa shape index (κ3) is 5.00. The minimum absolute atomic E-state index is 0.0408. The fourth-order valence-electron chi connectivity index (χ4n) is 2.41. The van der Waals surface area contributed by atoms with E-state index in [1.807, 2.05) is 6.92 Å². The lowest BCUT2D eigenvalue weighted by Crippen LogP contribution is -2.44. The molecule has 8 heteroatoms. The Morgan fingerprint density at radius 3 is 2.65 bits per heavy atom. The quantitative estimate of drug-likeness (QED) is 0.684. The van der Waals surface area contributed by atoms with Crippen LogP contribution in [0.2, 0.25) is 0 Å². The summed E-state index contributed by atoms with van der Waals surface area (Å²) >= 11 is 0. The van der Waals surface area contributed by atoms with Crippen LogP contribution in [-0.2, 0) is 19.6 Å². The number of benzene rings is 1. The Kier molecular flexibility index (Phi) is 6.11. The average Bonchev–Trinajstić information content (AvgIpc) is 2.55. The molecule has 0 saturated carbocycles. The molecule has 1 fully saturated rings. The van der Waals surface area contributed by atoms with Crippen LogP contribution in [0.1, 0.15) is 24.9 Å². The van der Waals surface area contributed by atoms with Crippen LogP contribution >= 0.6 is 0 Å². The Balaban J connectivity index is 1.92. The van der Waals surface area contributed by atoms with Gasteiger partial charge in [0.1, 0.15) is 0 Å². The summed E-state index contributed by atoms with van der Waals surface area (Å²) in [4.78, 5) is 12.3. The van der Waals surface area contributed by atoms with Gasteiger partial charge in [0, 0.05) is 19.0 Å². The molecule has 1 aromatic carbocycles. The third-order valence-corrected chi connectivity index (χ3v) is 5.20. The minimum Gasteiger partial charge on any atom is -0.378 e. The van der Waals surface area contributed by atoms with E-state index in [9.17, 15) is 13.2 Å². The summed E-state index contributed by atoms with van der Waals surface area (Å²) in [5.74, 6) is -0.0626. The number of hydrogen-bond acceptors (Lipinski definition) is 5. The number of sulfonamides is 1. The molecule has 0 spiro atoms. The molecule has 2 atom stereocenters. The molecule has 3 N–H and O–H groups in total. The highest BCUT2D eigenvalue weighted by Gasteiger charge is 2.18. The molecule has 2 rings (SSSR count). The zero-order chi connectivity index (χ0) is 16.9. The predicted molar refractivity (Wildman–Crippen MR) is 86.5 cm³/mol. The van der Waals surface area contributed by atoms with Crippen LogP contribution < -0.4 is 15.4 Å². The maximum atomic E-state index is 12.1. The molecule has 0 aliphatic carbocycles. The Morgan fingerprint density at radius 1 is 1.39 bits per heavy atom. The van der Waals surface area contributed by atoms with Crippen molar-refractivity contribution in [2.45, 2.75) is 30.3 Å². The van der Waals surface area contributed by atoms with Crippen molar-refractivity contribution in [2.75, 3.05) is 26.8 Å². The smallest absolute Gasteiger partial charge is 0.240 e. The molecule has 1 aliphatic rings. The number of nitrogens with one attached hydrogen (secondary N) is 3. The minimum atomic E-state index is -3.44. The summed E-state index contributed by atoms with van der Waals surface area (Å²) in [6, 6.07) is 6.31. The van der Waals surface area contributed by atoms with Gasteiger partial charge in [0.15, 0.2) is 0 Å². The molecule has 1 saturated heterocycles. The number of carbonyl (C=O) groups excluding carboxylic acids is 1. The van der Waals surface area contributed by atoms with Gasteiger partial charge in [-0.2, -0.15) is 0 Å². The molecule has 1 aliphatic heterocycles. The van der Waals surface area contributed by atoms with Crippen LogP contribution in [0.25, 0.3) is 0 Å². The summed E-state index contributed by atoms with van der Waals surface area (Å²) in [5.41, 5.74) is 0.848. The maximum Gasteiger partial charge on any atom is 0.240 e. The average molecular weight is 341 g/mol. The van der Waals surface area contributed by atoms with Crippen LogP contribution in [0.15, 0.2) is 29.2 Å². The molecule has 128 valence electrons. The fraction of sp³-hybridized carbons (Fsp3) is 0.533.